The summed E-state index contributed by atoms with van der Waals surface area (Å²) in [6.07, 6.45) is 0. The Balaban J connectivity index is 2.65. The zero-order valence-corrected chi connectivity index (χ0v) is 7.99. The van der Waals surface area contributed by atoms with Gasteiger partial charge in [0.05, 0.1) is 29.4 Å². The van der Waals surface area contributed by atoms with E-state index >= 15 is 0 Å². The normalized spacial score (nSPS) is 16.3. The molecular weight excluding hydrogens is 198 g/mol. The molecule has 0 amide bonds. The molecule has 15 heavy (non-hydrogen) atoms. The molecule has 0 saturated carbocycles. The highest BCUT2D eigenvalue weighted by Gasteiger charge is 2.21. The molecule has 0 saturated heterocycles. The van der Waals surface area contributed by atoms with Crippen molar-refractivity contribution in [3.8, 4) is 0 Å². The van der Waals surface area contributed by atoms with E-state index in [-0.39, 0.29) is 24.5 Å². The van der Waals surface area contributed by atoms with Gasteiger partial charge in [-0.15, -0.1) is 0 Å². The van der Waals surface area contributed by atoms with Crippen molar-refractivity contribution in [2.24, 2.45) is 0 Å². The van der Waals surface area contributed by atoms with E-state index in [1.807, 2.05) is 0 Å². The molecule has 0 aromatic heterocycles. The molecule has 7 nitrogen and oxygen atoms in total. The molecule has 1 aromatic rings. The first-order valence-electron chi connectivity index (χ1n) is 4.33. The number of anilines is 4. The first kappa shape index (κ1) is 9.84. The highest BCUT2D eigenvalue weighted by Crippen LogP contribution is 2.39. The standard InChI is InChI=1S/C8H12N5O2/c9-5-3-1-13(14)15-2-4(3)6(10)8(12)7(5)11/h1-2,9-12H2/q-1. The molecule has 0 aliphatic carbocycles. The van der Waals surface area contributed by atoms with Gasteiger partial charge in [-0.2, -0.15) is 0 Å². The smallest absolute Gasteiger partial charge is 0.0948 e. The van der Waals surface area contributed by atoms with E-state index in [0.29, 0.717) is 27.7 Å². The molecule has 7 heteroatoms. The van der Waals surface area contributed by atoms with E-state index in [9.17, 15) is 5.21 Å². The molecule has 1 heterocycles. The molecule has 0 spiro atoms. The first-order valence-corrected chi connectivity index (χ1v) is 4.33. The van der Waals surface area contributed by atoms with Crippen molar-refractivity contribution in [3.05, 3.63) is 16.3 Å². The molecule has 1 aliphatic rings. The Kier molecular flexibility index (Phi) is 2.07. The molecule has 0 unspecified atom stereocenters. The predicted molar refractivity (Wildman–Crippen MR) is 57.8 cm³/mol. The maximum absolute atomic E-state index is 11.0. The van der Waals surface area contributed by atoms with Crippen LogP contribution >= 0.6 is 0 Å². The van der Waals surface area contributed by atoms with E-state index in [2.05, 4.69) is 0 Å². The Morgan fingerprint density at radius 2 is 1.47 bits per heavy atom. The Labute approximate surface area is 86.1 Å². The van der Waals surface area contributed by atoms with Crippen LogP contribution in [-0.4, -0.2) is 5.23 Å². The number of fused-ring (bicyclic) bond motifs is 1. The number of hydroxylamine groups is 2. The van der Waals surface area contributed by atoms with Crippen LogP contribution in [0.1, 0.15) is 11.1 Å². The van der Waals surface area contributed by atoms with Crippen molar-refractivity contribution in [1.29, 1.82) is 0 Å². The minimum atomic E-state index is 0.00977. The van der Waals surface area contributed by atoms with Gasteiger partial charge >= 0.3 is 0 Å². The Bertz CT molecular complexity index is 420. The van der Waals surface area contributed by atoms with Crippen LogP contribution in [0, 0.1) is 5.21 Å². The van der Waals surface area contributed by atoms with Gasteiger partial charge in [0.1, 0.15) is 0 Å². The molecule has 1 aliphatic heterocycles. The fourth-order valence-corrected chi connectivity index (χ4v) is 1.60. The van der Waals surface area contributed by atoms with Gasteiger partial charge in [0, 0.05) is 17.7 Å². The monoisotopic (exact) mass is 210 g/mol. The van der Waals surface area contributed by atoms with Crippen LogP contribution in [0.15, 0.2) is 0 Å². The number of hydrogen-bond donors (Lipinski definition) is 4. The van der Waals surface area contributed by atoms with Gasteiger partial charge < -0.3 is 33.0 Å². The lowest BCUT2D eigenvalue weighted by Crippen LogP contribution is -2.25. The van der Waals surface area contributed by atoms with Crippen LogP contribution in [-0.2, 0) is 18.0 Å². The molecule has 82 valence electrons. The van der Waals surface area contributed by atoms with Crippen molar-refractivity contribution >= 4 is 22.7 Å². The number of benzene rings is 1. The summed E-state index contributed by atoms with van der Waals surface area (Å²) in [7, 11) is 0. The Hall–Kier alpha value is -1.70. The quantitative estimate of drug-likeness (QED) is 0.433. The third-order valence-electron chi connectivity index (χ3n) is 2.53. The second-order valence-corrected chi connectivity index (χ2v) is 3.38. The topological polar surface area (TPSA) is 140 Å². The fraction of sp³-hybridized carbons (Fsp3) is 0.250. The summed E-state index contributed by atoms with van der Waals surface area (Å²) in [4.78, 5) is 4.78. The van der Waals surface area contributed by atoms with Gasteiger partial charge in [-0.3, -0.25) is 5.23 Å². The SMILES string of the molecule is Nc1c(N)c(N)c2c(c1N)CON([O-])C2. The van der Waals surface area contributed by atoms with Gasteiger partial charge in [-0.05, 0) is 0 Å². The molecule has 0 fully saturated rings. The average molecular weight is 210 g/mol. The molecular formula is C8H12N5O2-. The van der Waals surface area contributed by atoms with Crippen LogP contribution in [0.3, 0.4) is 0 Å². The number of rotatable bonds is 0. The maximum atomic E-state index is 11.0. The van der Waals surface area contributed by atoms with E-state index in [1.54, 1.807) is 0 Å². The predicted octanol–water partition coefficient (Wildman–Crippen LogP) is -0.240. The van der Waals surface area contributed by atoms with Gasteiger partial charge in [0.15, 0.2) is 0 Å². The second kappa shape index (κ2) is 3.16. The van der Waals surface area contributed by atoms with Gasteiger partial charge in [0.25, 0.3) is 0 Å². The Morgan fingerprint density at radius 3 is 2.07 bits per heavy atom. The summed E-state index contributed by atoms with van der Waals surface area (Å²) >= 11 is 0. The third kappa shape index (κ3) is 1.33. The van der Waals surface area contributed by atoms with Gasteiger partial charge in [0.2, 0.25) is 0 Å². The van der Waals surface area contributed by atoms with E-state index in [0.717, 1.165) is 0 Å². The van der Waals surface area contributed by atoms with E-state index in [1.165, 1.54) is 0 Å². The minimum absolute atomic E-state index is 0.00977. The summed E-state index contributed by atoms with van der Waals surface area (Å²) in [6, 6.07) is 0. The van der Waals surface area contributed by atoms with Crippen molar-refractivity contribution in [3.63, 3.8) is 0 Å². The van der Waals surface area contributed by atoms with Gasteiger partial charge in [-0.25, -0.2) is 0 Å². The first-order chi connectivity index (χ1) is 7.02. The van der Waals surface area contributed by atoms with Crippen molar-refractivity contribution in [1.82, 2.24) is 5.23 Å². The third-order valence-corrected chi connectivity index (χ3v) is 2.53. The summed E-state index contributed by atoms with van der Waals surface area (Å²) in [5.41, 5.74) is 25.2. The molecule has 0 atom stereocenters. The van der Waals surface area contributed by atoms with E-state index < -0.39 is 0 Å². The lowest BCUT2D eigenvalue weighted by Gasteiger charge is -2.34. The van der Waals surface area contributed by atoms with Crippen LogP contribution in [0.25, 0.3) is 0 Å². The van der Waals surface area contributed by atoms with Crippen LogP contribution in [0.2, 0.25) is 0 Å². The Morgan fingerprint density at radius 1 is 0.933 bits per heavy atom. The fourth-order valence-electron chi connectivity index (χ4n) is 1.60. The van der Waals surface area contributed by atoms with Crippen LogP contribution in [0.5, 0.6) is 0 Å². The number of hydrogen-bond acceptors (Lipinski definition) is 7. The number of nitrogens with two attached hydrogens (primary N) is 4. The largest absolute Gasteiger partial charge is 0.762 e. The lowest BCUT2D eigenvalue weighted by molar-refractivity contribution is -0.148. The van der Waals surface area contributed by atoms with Crippen molar-refractivity contribution < 1.29 is 4.84 Å². The summed E-state index contributed by atoms with van der Waals surface area (Å²) < 4.78 is 0. The maximum Gasteiger partial charge on any atom is 0.0948 e. The summed E-state index contributed by atoms with van der Waals surface area (Å²) in [5, 5.41) is 11.4. The zero-order chi connectivity index (χ0) is 11.2. The number of nitrogens with zero attached hydrogens (tertiary/aromatic N) is 1. The highest BCUT2D eigenvalue weighted by atomic mass is 16.9. The van der Waals surface area contributed by atoms with Crippen molar-refractivity contribution in [2.75, 3.05) is 22.9 Å². The summed E-state index contributed by atoms with van der Waals surface area (Å²) in [6.45, 7) is 0.0786. The molecule has 0 radical (unpaired) electrons. The average Bonchev–Trinajstić information content (AvgIpc) is 2.23. The van der Waals surface area contributed by atoms with Crippen LogP contribution in [0.4, 0.5) is 22.7 Å². The van der Waals surface area contributed by atoms with Crippen LogP contribution < -0.4 is 22.9 Å². The van der Waals surface area contributed by atoms with Gasteiger partial charge in [-0.1, -0.05) is 0 Å². The zero-order valence-electron chi connectivity index (χ0n) is 7.99. The highest BCUT2D eigenvalue weighted by molar-refractivity contribution is 5.90. The second-order valence-electron chi connectivity index (χ2n) is 3.38. The molecule has 8 N–H and O–H groups in total. The molecule has 2 rings (SSSR count). The van der Waals surface area contributed by atoms with Crippen molar-refractivity contribution in [2.45, 2.75) is 13.2 Å². The lowest BCUT2D eigenvalue weighted by atomic mass is 10.00. The minimum Gasteiger partial charge on any atom is -0.762 e. The summed E-state index contributed by atoms with van der Waals surface area (Å²) in [5.74, 6) is 0. The molecule has 0 bridgehead atoms. The number of nitrogen functional groups attached to an aromatic ring is 4. The van der Waals surface area contributed by atoms with E-state index in [4.69, 9.17) is 27.8 Å². The molecule has 1 aromatic carbocycles.